The average Bonchev–Trinajstić information content (AvgIpc) is 2.60. The number of hydrogen-bond donors (Lipinski definition) is 3. The number of nitrogens with zero attached hydrogens (tertiary/aromatic N) is 2. The monoisotopic (exact) mass is 296 g/mol. The van der Waals surface area contributed by atoms with Crippen LogP contribution in [0.3, 0.4) is 0 Å². The Morgan fingerprint density at radius 1 is 1.25 bits per heavy atom. The molecule has 2 rings (SSSR count). The molecule has 11 heteroatoms. The number of hydroxylamine groups is 2. The van der Waals surface area contributed by atoms with E-state index in [1.54, 1.807) is 5.43 Å². The first kappa shape index (κ1) is 14.4. The number of hydrazine groups is 1. The zero-order valence-corrected chi connectivity index (χ0v) is 9.98. The van der Waals surface area contributed by atoms with Crippen molar-refractivity contribution in [3.63, 3.8) is 0 Å². The van der Waals surface area contributed by atoms with E-state index < -0.39 is 36.1 Å². The summed E-state index contributed by atoms with van der Waals surface area (Å²) in [5, 5.41) is 9.89. The third-order valence-electron chi connectivity index (χ3n) is 3.20. The van der Waals surface area contributed by atoms with E-state index in [-0.39, 0.29) is 13.0 Å². The van der Waals surface area contributed by atoms with Crippen LogP contribution in [0.2, 0.25) is 0 Å². The molecule has 0 aromatic rings. The maximum Gasteiger partial charge on any atom is 0.472 e. The van der Waals surface area contributed by atoms with Crippen LogP contribution < -0.4 is 10.9 Å². The number of rotatable bonds is 1. The van der Waals surface area contributed by atoms with Gasteiger partial charge < -0.3 is 4.90 Å². The van der Waals surface area contributed by atoms with E-state index >= 15 is 0 Å². The highest BCUT2D eigenvalue weighted by molar-refractivity contribution is 5.90. The number of halogens is 3. The summed E-state index contributed by atoms with van der Waals surface area (Å²) < 4.78 is 35.8. The highest BCUT2D eigenvalue weighted by Crippen LogP contribution is 2.28. The van der Waals surface area contributed by atoms with E-state index in [2.05, 4.69) is 0 Å². The molecule has 0 aliphatic carbocycles. The van der Waals surface area contributed by atoms with Gasteiger partial charge in [0.1, 0.15) is 6.04 Å². The van der Waals surface area contributed by atoms with Crippen LogP contribution in [0.1, 0.15) is 12.8 Å². The lowest BCUT2D eigenvalue weighted by molar-refractivity contribution is -0.175. The second-order valence-corrected chi connectivity index (χ2v) is 4.47. The van der Waals surface area contributed by atoms with Crippen LogP contribution in [0.5, 0.6) is 0 Å². The molecule has 2 fully saturated rings. The standard InChI is InChI=1S/C9H11F3N4O4/c10-9(11,12)7(18)14-13-6(17)5-2-1-4-3-15(5)8(19)16(4)20/h4-5,20H,1-3H2,(H,13,17)(H,14,18)/t4-,5+/m1/s1. The van der Waals surface area contributed by atoms with Gasteiger partial charge in [0.05, 0.1) is 6.04 Å². The van der Waals surface area contributed by atoms with Crippen LogP contribution in [0, 0.1) is 0 Å². The van der Waals surface area contributed by atoms with Crippen molar-refractivity contribution in [1.82, 2.24) is 20.8 Å². The molecule has 0 spiro atoms. The summed E-state index contributed by atoms with van der Waals surface area (Å²) >= 11 is 0. The second kappa shape index (κ2) is 4.81. The van der Waals surface area contributed by atoms with Crippen LogP contribution in [0.15, 0.2) is 0 Å². The second-order valence-electron chi connectivity index (χ2n) is 4.47. The lowest BCUT2D eigenvalue weighted by atomic mass is 10.0. The number of urea groups is 1. The number of piperidine rings is 1. The summed E-state index contributed by atoms with van der Waals surface area (Å²) in [6.45, 7) is 0.112. The minimum absolute atomic E-state index is 0.112. The van der Waals surface area contributed by atoms with E-state index in [0.29, 0.717) is 11.5 Å². The van der Waals surface area contributed by atoms with E-state index in [1.807, 2.05) is 0 Å². The van der Waals surface area contributed by atoms with Crippen molar-refractivity contribution in [3.8, 4) is 0 Å². The first-order valence-corrected chi connectivity index (χ1v) is 5.67. The molecule has 2 aliphatic rings. The zero-order chi connectivity index (χ0) is 15.1. The lowest BCUT2D eigenvalue weighted by Crippen LogP contribution is -2.56. The van der Waals surface area contributed by atoms with Gasteiger partial charge in [-0.05, 0) is 12.8 Å². The summed E-state index contributed by atoms with van der Waals surface area (Å²) in [6, 6.07) is -2.23. The fraction of sp³-hybridized carbons (Fsp3) is 0.667. The van der Waals surface area contributed by atoms with Gasteiger partial charge in [-0.2, -0.15) is 13.2 Å². The van der Waals surface area contributed by atoms with Crippen molar-refractivity contribution in [3.05, 3.63) is 0 Å². The highest BCUT2D eigenvalue weighted by Gasteiger charge is 2.47. The fourth-order valence-corrected chi connectivity index (χ4v) is 2.20. The molecule has 0 aromatic carbocycles. The van der Waals surface area contributed by atoms with Crippen LogP contribution >= 0.6 is 0 Å². The van der Waals surface area contributed by atoms with Gasteiger partial charge in [0, 0.05) is 6.54 Å². The molecule has 2 aliphatic heterocycles. The molecule has 2 saturated heterocycles. The Hall–Kier alpha value is -2.04. The summed E-state index contributed by atoms with van der Waals surface area (Å²) in [6.07, 6.45) is -4.60. The molecule has 8 nitrogen and oxygen atoms in total. The Labute approximate surface area is 110 Å². The molecule has 2 heterocycles. The van der Waals surface area contributed by atoms with Crippen LogP contribution in [-0.2, 0) is 9.59 Å². The fourth-order valence-electron chi connectivity index (χ4n) is 2.20. The largest absolute Gasteiger partial charge is 0.472 e. The number of fused-ring (bicyclic) bond motifs is 2. The number of carbonyl (C=O) groups excluding carboxylic acids is 3. The first-order valence-electron chi connectivity index (χ1n) is 5.67. The smallest absolute Gasteiger partial charge is 0.309 e. The molecule has 2 bridgehead atoms. The molecule has 4 amide bonds. The summed E-state index contributed by atoms with van der Waals surface area (Å²) in [5.41, 5.74) is 2.85. The van der Waals surface area contributed by atoms with E-state index in [4.69, 9.17) is 0 Å². The summed E-state index contributed by atoms with van der Waals surface area (Å²) in [7, 11) is 0. The number of nitrogens with one attached hydrogen (secondary N) is 2. The topological polar surface area (TPSA) is 102 Å². The van der Waals surface area contributed by atoms with Crippen molar-refractivity contribution < 1.29 is 32.8 Å². The maximum absolute atomic E-state index is 11.9. The number of carbonyl (C=O) groups is 3. The van der Waals surface area contributed by atoms with Gasteiger partial charge >= 0.3 is 18.1 Å². The van der Waals surface area contributed by atoms with Gasteiger partial charge in [0.15, 0.2) is 0 Å². The Morgan fingerprint density at radius 3 is 2.50 bits per heavy atom. The molecule has 20 heavy (non-hydrogen) atoms. The number of amides is 4. The van der Waals surface area contributed by atoms with Gasteiger partial charge in [-0.1, -0.05) is 0 Å². The molecule has 3 N–H and O–H groups in total. The van der Waals surface area contributed by atoms with Crippen molar-refractivity contribution in [2.45, 2.75) is 31.1 Å². The van der Waals surface area contributed by atoms with Crippen LogP contribution in [0.25, 0.3) is 0 Å². The van der Waals surface area contributed by atoms with Crippen molar-refractivity contribution in [2.75, 3.05) is 6.54 Å². The molecule has 112 valence electrons. The third kappa shape index (κ3) is 2.48. The SMILES string of the molecule is O=C(NNC(=O)C(F)(F)F)[C@@H]1CC[C@@H]2CN1C(=O)N2O. The predicted molar refractivity (Wildman–Crippen MR) is 54.9 cm³/mol. The van der Waals surface area contributed by atoms with E-state index in [0.717, 1.165) is 4.90 Å². The third-order valence-corrected chi connectivity index (χ3v) is 3.20. The summed E-state index contributed by atoms with van der Waals surface area (Å²) in [5.74, 6) is -3.25. The molecular weight excluding hydrogens is 285 g/mol. The van der Waals surface area contributed by atoms with Crippen molar-refractivity contribution in [2.24, 2.45) is 0 Å². The minimum atomic E-state index is -5.11. The highest BCUT2D eigenvalue weighted by atomic mass is 19.4. The summed E-state index contributed by atoms with van der Waals surface area (Å²) in [4.78, 5) is 34.8. The van der Waals surface area contributed by atoms with Crippen molar-refractivity contribution in [1.29, 1.82) is 0 Å². The van der Waals surface area contributed by atoms with Crippen LogP contribution in [0.4, 0.5) is 18.0 Å². The average molecular weight is 296 g/mol. The normalized spacial score (nSPS) is 25.7. The van der Waals surface area contributed by atoms with E-state index in [9.17, 15) is 32.8 Å². The number of hydrogen-bond acceptors (Lipinski definition) is 4. The lowest BCUT2D eigenvalue weighted by Gasteiger charge is -2.29. The van der Waals surface area contributed by atoms with Gasteiger partial charge in [-0.25, -0.2) is 9.86 Å². The predicted octanol–water partition coefficient (Wildman–Crippen LogP) is -0.646. The molecule has 0 aromatic heterocycles. The Balaban J connectivity index is 1.94. The number of alkyl halides is 3. The Kier molecular flexibility index (Phi) is 3.46. The molecule has 0 radical (unpaired) electrons. The van der Waals surface area contributed by atoms with Crippen molar-refractivity contribution >= 4 is 17.8 Å². The maximum atomic E-state index is 11.9. The molecule has 2 atom stereocenters. The first-order chi connectivity index (χ1) is 9.21. The minimum Gasteiger partial charge on any atom is -0.309 e. The quantitative estimate of drug-likeness (QED) is 0.442. The van der Waals surface area contributed by atoms with Gasteiger partial charge in [0.2, 0.25) is 0 Å². The molecular formula is C9H11F3N4O4. The van der Waals surface area contributed by atoms with Gasteiger partial charge in [-0.15, -0.1) is 0 Å². The molecule has 0 saturated carbocycles. The van der Waals surface area contributed by atoms with Gasteiger partial charge in [0.25, 0.3) is 5.91 Å². The molecule has 0 unspecified atom stereocenters. The van der Waals surface area contributed by atoms with Gasteiger partial charge in [-0.3, -0.25) is 25.6 Å². The zero-order valence-electron chi connectivity index (χ0n) is 9.98. The Bertz CT molecular complexity index is 455. The van der Waals surface area contributed by atoms with E-state index in [1.165, 1.54) is 5.43 Å². The van der Waals surface area contributed by atoms with Crippen LogP contribution in [-0.4, -0.2) is 57.8 Å². The Morgan fingerprint density at radius 2 is 1.90 bits per heavy atom.